The summed E-state index contributed by atoms with van der Waals surface area (Å²) in [6, 6.07) is 6.50. The van der Waals surface area contributed by atoms with Crippen molar-refractivity contribution in [2.75, 3.05) is 13.6 Å². The van der Waals surface area contributed by atoms with Crippen LogP contribution in [0.25, 0.3) is 10.6 Å². The number of carbonyl (C=O) groups excluding carboxylic acids is 2. The number of halogens is 2. The molecule has 6 nitrogen and oxygen atoms in total. The van der Waals surface area contributed by atoms with Crippen LogP contribution >= 0.6 is 11.3 Å². The van der Waals surface area contributed by atoms with E-state index in [9.17, 15) is 23.5 Å². The Morgan fingerprint density at radius 2 is 2.22 bits per heavy atom. The van der Waals surface area contributed by atoms with Crippen molar-refractivity contribution in [1.82, 2.24) is 9.88 Å². The number of alkyl halides is 2. The standard InChI is InChI=1S/C18H15F2N3O3S/c1-23-8-7-18(26,17(23)25)6-5-10-3-2-4-11(9-10)16-22-12(15(21)24)13(27-16)14(19)20/h2-4,9,14,26H,7-8H2,1H3,(H2,21,24)/t18-/m0/s1. The number of hydrogen-bond donors (Lipinski definition) is 2. The summed E-state index contributed by atoms with van der Waals surface area (Å²) in [6.45, 7) is 0.412. The summed E-state index contributed by atoms with van der Waals surface area (Å²) in [5.74, 6) is 3.86. The predicted octanol–water partition coefficient (Wildman–Crippen LogP) is 1.79. The van der Waals surface area contributed by atoms with Gasteiger partial charge in [0.05, 0.1) is 0 Å². The number of nitrogens with two attached hydrogens (primary N) is 1. The topological polar surface area (TPSA) is 96.5 Å². The minimum absolute atomic E-state index is 0.207. The fourth-order valence-electron chi connectivity index (χ4n) is 2.66. The van der Waals surface area contributed by atoms with Gasteiger partial charge in [-0.3, -0.25) is 9.59 Å². The van der Waals surface area contributed by atoms with Crippen molar-refractivity contribution in [3.63, 3.8) is 0 Å². The summed E-state index contributed by atoms with van der Waals surface area (Å²) in [7, 11) is 1.59. The molecule has 1 atom stereocenters. The lowest BCUT2D eigenvalue weighted by Crippen LogP contribution is -2.37. The number of likely N-dealkylation sites (tertiary alicyclic amines) is 1. The zero-order valence-corrected chi connectivity index (χ0v) is 15.0. The molecule has 0 radical (unpaired) electrons. The molecule has 27 heavy (non-hydrogen) atoms. The van der Waals surface area contributed by atoms with Crippen LogP contribution in [0.1, 0.15) is 33.8 Å². The largest absolute Gasteiger partial charge is 0.369 e. The highest BCUT2D eigenvalue weighted by molar-refractivity contribution is 7.15. The van der Waals surface area contributed by atoms with Crippen LogP contribution in [-0.2, 0) is 4.79 Å². The molecule has 9 heteroatoms. The van der Waals surface area contributed by atoms with Crippen molar-refractivity contribution >= 4 is 23.2 Å². The highest BCUT2D eigenvalue weighted by Crippen LogP contribution is 2.34. The maximum Gasteiger partial charge on any atom is 0.275 e. The molecule has 3 rings (SSSR count). The van der Waals surface area contributed by atoms with Gasteiger partial charge in [-0.25, -0.2) is 13.8 Å². The molecule has 140 valence electrons. The number of carbonyl (C=O) groups is 2. The maximum atomic E-state index is 13.1. The van der Waals surface area contributed by atoms with Gasteiger partial charge >= 0.3 is 0 Å². The van der Waals surface area contributed by atoms with Crippen LogP contribution in [0.3, 0.4) is 0 Å². The molecule has 0 bridgehead atoms. The SMILES string of the molecule is CN1CC[C@@](O)(C#Cc2cccc(-c3nc(C(N)=O)c(C(F)F)s3)c2)C1=O. The molecule has 1 aliphatic heterocycles. The van der Waals surface area contributed by atoms with Crippen LogP contribution in [0.15, 0.2) is 24.3 Å². The summed E-state index contributed by atoms with van der Waals surface area (Å²) in [6.07, 6.45) is -2.65. The summed E-state index contributed by atoms with van der Waals surface area (Å²) < 4.78 is 26.2. The number of benzene rings is 1. The number of aromatic nitrogens is 1. The number of hydrogen-bond acceptors (Lipinski definition) is 5. The molecule has 1 aromatic carbocycles. The van der Waals surface area contributed by atoms with Gasteiger partial charge in [0.25, 0.3) is 18.2 Å². The van der Waals surface area contributed by atoms with Gasteiger partial charge in [-0.05, 0) is 12.1 Å². The van der Waals surface area contributed by atoms with Crippen LogP contribution in [0.4, 0.5) is 8.78 Å². The van der Waals surface area contributed by atoms with Crippen molar-refractivity contribution in [2.45, 2.75) is 18.4 Å². The average molecular weight is 391 g/mol. The van der Waals surface area contributed by atoms with E-state index in [1.165, 1.54) is 4.90 Å². The summed E-state index contributed by atoms with van der Waals surface area (Å²) in [5, 5.41) is 10.5. The van der Waals surface area contributed by atoms with E-state index in [2.05, 4.69) is 16.8 Å². The molecule has 0 unspecified atom stereocenters. The van der Waals surface area contributed by atoms with Crippen molar-refractivity contribution in [1.29, 1.82) is 0 Å². The Bertz CT molecular complexity index is 980. The second-order valence-electron chi connectivity index (χ2n) is 6.06. The first kappa shape index (κ1) is 18.9. The minimum Gasteiger partial charge on any atom is -0.369 e. The zero-order valence-electron chi connectivity index (χ0n) is 14.2. The van der Waals surface area contributed by atoms with E-state index in [1.807, 2.05) is 0 Å². The first-order valence-corrected chi connectivity index (χ1v) is 8.73. The smallest absolute Gasteiger partial charge is 0.275 e. The molecule has 1 aliphatic rings. The van der Waals surface area contributed by atoms with Gasteiger partial charge in [0.15, 0.2) is 0 Å². The number of nitrogens with zero attached hydrogens (tertiary/aromatic N) is 2. The fraction of sp³-hybridized carbons (Fsp3) is 0.278. The lowest BCUT2D eigenvalue weighted by molar-refractivity contribution is -0.137. The maximum absolute atomic E-state index is 13.1. The molecule has 0 aliphatic carbocycles. The first-order valence-electron chi connectivity index (χ1n) is 7.91. The van der Waals surface area contributed by atoms with Gasteiger partial charge in [0.1, 0.15) is 15.6 Å². The molecule has 3 N–H and O–H groups in total. The molecule has 1 aromatic heterocycles. The highest BCUT2D eigenvalue weighted by Gasteiger charge is 2.42. The molecule has 1 fully saturated rings. The van der Waals surface area contributed by atoms with E-state index in [1.54, 1.807) is 31.3 Å². The molecular formula is C18H15F2N3O3S. The number of primary amides is 1. The van der Waals surface area contributed by atoms with E-state index >= 15 is 0 Å². The van der Waals surface area contributed by atoms with E-state index in [0.29, 0.717) is 29.0 Å². The van der Waals surface area contributed by atoms with Crippen LogP contribution in [0.2, 0.25) is 0 Å². The molecule has 0 spiro atoms. The minimum atomic E-state index is -2.86. The van der Waals surface area contributed by atoms with Crippen LogP contribution in [0, 0.1) is 11.8 Å². The summed E-state index contributed by atoms with van der Waals surface area (Å²) >= 11 is 0.681. The van der Waals surface area contributed by atoms with Crippen LogP contribution in [-0.4, -0.2) is 46.0 Å². The van der Waals surface area contributed by atoms with E-state index in [4.69, 9.17) is 5.73 Å². The highest BCUT2D eigenvalue weighted by atomic mass is 32.1. The Morgan fingerprint density at radius 3 is 2.78 bits per heavy atom. The lowest BCUT2D eigenvalue weighted by atomic mass is 10.0. The van der Waals surface area contributed by atoms with Gasteiger partial charge < -0.3 is 15.7 Å². The average Bonchev–Trinajstić information content (AvgIpc) is 3.19. The quantitative estimate of drug-likeness (QED) is 0.780. The van der Waals surface area contributed by atoms with Crippen LogP contribution < -0.4 is 5.73 Å². The third kappa shape index (κ3) is 3.67. The van der Waals surface area contributed by atoms with Gasteiger partial charge in [-0.1, -0.05) is 24.0 Å². The third-order valence-corrected chi connectivity index (χ3v) is 5.23. The number of amides is 2. The summed E-state index contributed by atoms with van der Waals surface area (Å²) in [5.41, 5.74) is 3.88. The van der Waals surface area contributed by atoms with Gasteiger partial charge in [0.2, 0.25) is 5.60 Å². The van der Waals surface area contributed by atoms with Crippen molar-refractivity contribution in [3.8, 4) is 22.4 Å². The van der Waals surface area contributed by atoms with Gasteiger partial charge in [-0.15, -0.1) is 11.3 Å². The molecule has 2 aromatic rings. The first-order chi connectivity index (χ1) is 12.7. The summed E-state index contributed by atoms with van der Waals surface area (Å²) in [4.78, 5) is 28.1. The Balaban J connectivity index is 1.94. The van der Waals surface area contributed by atoms with E-state index in [0.717, 1.165) is 0 Å². The number of likely N-dealkylation sites (N-methyl/N-ethyl adjacent to an activating group) is 1. The Labute approximate surface area is 157 Å². The number of aliphatic hydroxyl groups is 1. The lowest BCUT2D eigenvalue weighted by Gasteiger charge is -2.13. The molecular weight excluding hydrogens is 376 g/mol. The Morgan fingerprint density at radius 1 is 1.48 bits per heavy atom. The Hall–Kier alpha value is -2.83. The zero-order chi connectivity index (χ0) is 19.8. The van der Waals surface area contributed by atoms with Crippen LogP contribution in [0.5, 0.6) is 0 Å². The fourth-order valence-corrected chi connectivity index (χ4v) is 3.58. The molecule has 2 amide bonds. The Kier molecular flexibility index (Phi) is 4.95. The third-order valence-electron chi connectivity index (χ3n) is 4.12. The second kappa shape index (κ2) is 7.06. The normalized spacial score (nSPS) is 19.3. The predicted molar refractivity (Wildman–Crippen MR) is 95.1 cm³/mol. The molecule has 0 saturated carbocycles. The van der Waals surface area contributed by atoms with Crippen molar-refractivity contribution in [3.05, 3.63) is 40.4 Å². The van der Waals surface area contributed by atoms with Crippen molar-refractivity contribution < 1.29 is 23.5 Å². The van der Waals surface area contributed by atoms with E-state index in [-0.39, 0.29) is 11.4 Å². The van der Waals surface area contributed by atoms with Gasteiger partial charge in [0, 0.05) is 31.1 Å². The monoisotopic (exact) mass is 391 g/mol. The van der Waals surface area contributed by atoms with E-state index < -0.39 is 34.4 Å². The van der Waals surface area contributed by atoms with Crippen molar-refractivity contribution in [2.24, 2.45) is 5.73 Å². The number of rotatable bonds is 3. The molecule has 2 heterocycles. The second-order valence-corrected chi connectivity index (χ2v) is 7.10. The molecule has 1 saturated heterocycles. The van der Waals surface area contributed by atoms with Gasteiger partial charge in [-0.2, -0.15) is 0 Å². The number of thiazole rings is 1.